The molecule has 1 aromatic heterocycles. The topological polar surface area (TPSA) is 76.9 Å². The average molecular weight is 268 g/mol. The molecule has 5 nitrogen and oxygen atoms in total. The molecule has 1 unspecified atom stereocenters. The monoisotopic (exact) mass is 268 g/mol. The van der Waals surface area contributed by atoms with Crippen molar-refractivity contribution in [1.29, 1.82) is 5.26 Å². The van der Waals surface area contributed by atoms with Crippen molar-refractivity contribution in [3.63, 3.8) is 0 Å². The number of anilines is 1. The summed E-state index contributed by atoms with van der Waals surface area (Å²) in [5, 5.41) is 13.3. The lowest BCUT2D eigenvalue weighted by Gasteiger charge is -2.19. The van der Waals surface area contributed by atoms with Crippen LogP contribution in [0.5, 0.6) is 5.75 Å². The van der Waals surface area contributed by atoms with E-state index in [1.165, 1.54) is 6.20 Å². The van der Waals surface area contributed by atoms with Crippen LogP contribution in [0.1, 0.15) is 35.6 Å². The van der Waals surface area contributed by atoms with Gasteiger partial charge < -0.3 is 10.5 Å². The predicted octanol–water partition coefficient (Wildman–Crippen LogP) is 2.41. The number of aryl methyl sites for hydroxylation is 1. The zero-order valence-corrected chi connectivity index (χ0v) is 11.3. The molecule has 0 fully saturated rings. The van der Waals surface area contributed by atoms with Gasteiger partial charge in [0.2, 0.25) is 0 Å². The van der Waals surface area contributed by atoms with Crippen LogP contribution < -0.4 is 10.5 Å². The highest BCUT2D eigenvalue weighted by Gasteiger charge is 2.25. The summed E-state index contributed by atoms with van der Waals surface area (Å²) in [5.74, 6) is 1.34. The number of nitriles is 1. The summed E-state index contributed by atoms with van der Waals surface area (Å²) in [5.41, 5.74) is 8.65. The van der Waals surface area contributed by atoms with E-state index < -0.39 is 0 Å². The molecular weight excluding hydrogens is 252 g/mol. The highest BCUT2D eigenvalue weighted by Crippen LogP contribution is 2.37. The Morgan fingerprint density at radius 1 is 1.50 bits per heavy atom. The van der Waals surface area contributed by atoms with Crippen molar-refractivity contribution in [2.24, 2.45) is 0 Å². The second kappa shape index (κ2) is 4.89. The van der Waals surface area contributed by atoms with Crippen LogP contribution >= 0.6 is 0 Å². The molecule has 20 heavy (non-hydrogen) atoms. The van der Waals surface area contributed by atoms with Crippen molar-refractivity contribution in [3.05, 3.63) is 41.1 Å². The highest BCUT2D eigenvalue weighted by atomic mass is 16.5. The SMILES string of the molecule is Cc1cccc2c1OCCCC2n1ncc(C#N)c1N. The number of aromatic nitrogens is 2. The lowest BCUT2D eigenvalue weighted by atomic mass is 10.00. The van der Waals surface area contributed by atoms with Crippen LogP contribution in [0.25, 0.3) is 0 Å². The molecular formula is C15H16N4O. The Morgan fingerprint density at radius 3 is 3.10 bits per heavy atom. The molecule has 3 rings (SSSR count). The lowest BCUT2D eigenvalue weighted by Crippen LogP contribution is -2.14. The molecule has 102 valence electrons. The van der Waals surface area contributed by atoms with E-state index >= 15 is 0 Å². The van der Waals surface area contributed by atoms with Crippen molar-refractivity contribution >= 4 is 5.82 Å². The number of fused-ring (bicyclic) bond motifs is 1. The summed E-state index contributed by atoms with van der Waals surface area (Å²) in [6.07, 6.45) is 3.35. The minimum atomic E-state index is 0.0227. The zero-order chi connectivity index (χ0) is 14.1. The van der Waals surface area contributed by atoms with Gasteiger partial charge in [0, 0.05) is 5.56 Å². The maximum atomic E-state index is 9.02. The largest absolute Gasteiger partial charge is 0.493 e. The van der Waals surface area contributed by atoms with Gasteiger partial charge in [-0.3, -0.25) is 0 Å². The highest BCUT2D eigenvalue weighted by molar-refractivity contribution is 5.50. The minimum absolute atomic E-state index is 0.0227. The Kier molecular flexibility index (Phi) is 3.07. The normalized spacial score (nSPS) is 17.7. The van der Waals surface area contributed by atoms with Gasteiger partial charge in [-0.15, -0.1) is 0 Å². The van der Waals surface area contributed by atoms with Crippen LogP contribution in [0.2, 0.25) is 0 Å². The van der Waals surface area contributed by atoms with Gasteiger partial charge in [0.15, 0.2) is 0 Å². The zero-order valence-electron chi connectivity index (χ0n) is 11.3. The molecule has 0 saturated carbocycles. The first-order chi connectivity index (χ1) is 9.72. The van der Waals surface area contributed by atoms with E-state index in [-0.39, 0.29) is 6.04 Å². The maximum absolute atomic E-state index is 9.02. The molecule has 0 spiro atoms. The van der Waals surface area contributed by atoms with Crippen LogP contribution in [0.15, 0.2) is 24.4 Å². The van der Waals surface area contributed by atoms with E-state index in [4.69, 9.17) is 15.7 Å². The van der Waals surface area contributed by atoms with E-state index in [0.717, 1.165) is 29.7 Å². The number of benzene rings is 1. The number of hydrogen-bond acceptors (Lipinski definition) is 4. The summed E-state index contributed by atoms with van der Waals surface area (Å²) in [4.78, 5) is 0. The molecule has 2 heterocycles. The van der Waals surface area contributed by atoms with E-state index in [9.17, 15) is 0 Å². The average Bonchev–Trinajstić information content (AvgIpc) is 2.69. The van der Waals surface area contributed by atoms with Gasteiger partial charge in [0.25, 0.3) is 0 Å². The number of ether oxygens (including phenoxy) is 1. The van der Waals surface area contributed by atoms with Crippen LogP contribution in [0, 0.1) is 18.3 Å². The van der Waals surface area contributed by atoms with Gasteiger partial charge in [-0.25, -0.2) is 4.68 Å². The van der Waals surface area contributed by atoms with Gasteiger partial charge in [-0.1, -0.05) is 18.2 Å². The minimum Gasteiger partial charge on any atom is -0.493 e. The Morgan fingerprint density at radius 2 is 2.35 bits per heavy atom. The Bertz CT molecular complexity index is 684. The summed E-state index contributed by atoms with van der Waals surface area (Å²) in [6.45, 7) is 2.73. The smallest absolute Gasteiger partial charge is 0.140 e. The van der Waals surface area contributed by atoms with Crippen LogP contribution in [-0.2, 0) is 0 Å². The summed E-state index contributed by atoms with van der Waals surface area (Å²) >= 11 is 0. The summed E-state index contributed by atoms with van der Waals surface area (Å²) in [6, 6.07) is 8.19. The van der Waals surface area contributed by atoms with E-state index in [2.05, 4.69) is 11.2 Å². The van der Waals surface area contributed by atoms with Gasteiger partial charge in [0.1, 0.15) is 23.2 Å². The number of nitrogens with two attached hydrogens (primary N) is 1. The second-order valence-electron chi connectivity index (χ2n) is 5.00. The number of nitrogen functional groups attached to an aromatic ring is 1. The fourth-order valence-electron chi connectivity index (χ4n) is 2.70. The molecule has 1 aliphatic heterocycles. The standard InChI is InChI=1S/C15H16N4O/c1-10-4-2-5-12-13(6-3-7-20-14(10)12)19-15(17)11(8-16)9-18-19/h2,4-5,9,13H,3,6-7,17H2,1H3. The third kappa shape index (κ3) is 1.90. The van der Waals surface area contributed by atoms with E-state index in [1.807, 2.05) is 25.1 Å². The van der Waals surface area contributed by atoms with Gasteiger partial charge in [-0.2, -0.15) is 10.4 Å². The number of para-hydroxylation sites is 1. The molecule has 0 amide bonds. The van der Waals surface area contributed by atoms with Crippen LogP contribution in [-0.4, -0.2) is 16.4 Å². The molecule has 1 atom stereocenters. The molecule has 1 aromatic carbocycles. The molecule has 5 heteroatoms. The third-order valence-corrected chi connectivity index (χ3v) is 3.72. The Labute approximate surface area is 117 Å². The van der Waals surface area contributed by atoms with Crippen molar-refractivity contribution in [3.8, 4) is 11.8 Å². The van der Waals surface area contributed by atoms with E-state index in [1.54, 1.807) is 4.68 Å². The Balaban J connectivity index is 2.13. The fourth-order valence-corrected chi connectivity index (χ4v) is 2.70. The maximum Gasteiger partial charge on any atom is 0.140 e. The van der Waals surface area contributed by atoms with E-state index in [0.29, 0.717) is 18.0 Å². The lowest BCUT2D eigenvalue weighted by molar-refractivity contribution is 0.313. The number of nitrogens with zero attached hydrogens (tertiary/aromatic N) is 3. The van der Waals surface area contributed by atoms with Crippen molar-refractivity contribution in [2.45, 2.75) is 25.8 Å². The molecule has 0 bridgehead atoms. The van der Waals surface area contributed by atoms with Gasteiger partial charge in [0.05, 0.1) is 18.8 Å². The molecule has 1 aliphatic rings. The summed E-state index contributed by atoms with van der Waals surface area (Å²) < 4.78 is 7.60. The first-order valence-corrected chi connectivity index (χ1v) is 6.67. The third-order valence-electron chi connectivity index (χ3n) is 3.72. The fraction of sp³-hybridized carbons (Fsp3) is 0.333. The number of rotatable bonds is 1. The Hall–Kier alpha value is -2.48. The molecule has 2 N–H and O–H groups in total. The van der Waals surface area contributed by atoms with Gasteiger partial charge in [-0.05, 0) is 25.3 Å². The van der Waals surface area contributed by atoms with Gasteiger partial charge >= 0.3 is 0 Å². The number of hydrogen-bond donors (Lipinski definition) is 1. The molecule has 0 radical (unpaired) electrons. The van der Waals surface area contributed by atoms with Crippen molar-refractivity contribution in [2.75, 3.05) is 12.3 Å². The van der Waals surface area contributed by atoms with Crippen LogP contribution in [0.4, 0.5) is 5.82 Å². The molecule has 0 saturated heterocycles. The first-order valence-electron chi connectivity index (χ1n) is 6.67. The molecule has 2 aromatic rings. The predicted molar refractivity (Wildman–Crippen MR) is 75.4 cm³/mol. The molecule has 0 aliphatic carbocycles. The quantitative estimate of drug-likeness (QED) is 0.861. The first kappa shape index (κ1) is 12.5. The van der Waals surface area contributed by atoms with Crippen molar-refractivity contribution in [1.82, 2.24) is 9.78 Å². The van der Waals surface area contributed by atoms with Crippen LogP contribution in [0.3, 0.4) is 0 Å². The summed E-state index contributed by atoms with van der Waals surface area (Å²) in [7, 11) is 0. The second-order valence-corrected chi connectivity index (χ2v) is 5.00. The van der Waals surface area contributed by atoms with Crippen molar-refractivity contribution < 1.29 is 4.74 Å².